The molecule has 18 heavy (non-hydrogen) atoms. The van der Waals surface area contributed by atoms with E-state index in [1.54, 1.807) is 0 Å². The van der Waals surface area contributed by atoms with Crippen molar-refractivity contribution in [1.82, 2.24) is 0 Å². The molecule has 0 amide bonds. The third-order valence-corrected chi connectivity index (χ3v) is 3.34. The molecule has 3 heteroatoms. The Morgan fingerprint density at radius 3 is 2.50 bits per heavy atom. The second kappa shape index (κ2) is 6.01. The zero-order valence-electron chi connectivity index (χ0n) is 10.2. The number of anilines is 1. The molecule has 0 spiro atoms. The molecular weight excluding hydrogens is 293 g/mol. The van der Waals surface area contributed by atoms with Gasteiger partial charge in [-0.15, -0.1) is 0 Å². The number of hydrogen-bond donors (Lipinski definition) is 1. The van der Waals surface area contributed by atoms with E-state index in [9.17, 15) is 4.39 Å². The Morgan fingerprint density at radius 1 is 1.17 bits per heavy atom. The van der Waals surface area contributed by atoms with E-state index in [1.165, 1.54) is 12.1 Å². The number of benzene rings is 2. The Labute approximate surface area is 115 Å². The van der Waals surface area contributed by atoms with Gasteiger partial charge >= 0.3 is 0 Å². The van der Waals surface area contributed by atoms with Gasteiger partial charge in [-0.05, 0) is 42.3 Å². The monoisotopic (exact) mass is 307 g/mol. The van der Waals surface area contributed by atoms with Crippen molar-refractivity contribution in [3.05, 3.63) is 64.4 Å². The molecule has 0 aliphatic heterocycles. The van der Waals surface area contributed by atoms with E-state index >= 15 is 0 Å². The number of rotatable bonds is 4. The van der Waals surface area contributed by atoms with Crippen LogP contribution in [0, 0.1) is 5.82 Å². The minimum atomic E-state index is -0.198. The standard InChI is InChI=1S/C15H15BrFN/c1-2-15(11-6-8-13(17)9-7-11)18-14-5-3-4-12(16)10-14/h3-10,15,18H,2H2,1H3. The van der Waals surface area contributed by atoms with E-state index in [0.29, 0.717) is 0 Å². The van der Waals surface area contributed by atoms with Crippen molar-refractivity contribution >= 4 is 21.6 Å². The van der Waals surface area contributed by atoms with E-state index in [1.807, 2.05) is 36.4 Å². The van der Waals surface area contributed by atoms with Crippen molar-refractivity contribution < 1.29 is 4.39 Å². The second-order valence-electron chi connectivity index (χ2n) is 4.17. The highest BCUT2D eigenvalue weighted by molar-refractivity contribution is 9.10. The maximum Gasteiger partial charge on any atom is 0.123 e. The second-order valence-corrected chi connectivity index (χ2v) is 5.08. The molecule has 1 unspecified atom stereocenters. The van der Waals surface area contributed by atoms with Gasteiger partial charge in [-0.25, -0.2) is 4.39 Å². The van der Waals surface area contributed by atoms with Crippen LogP contribution in [-0.2, 0) is 0 Å². The van der Waals surface area contributed by atoms with Crippen LogP contribution in [0.4, 0.5) is 10.1 Å². The van der Waals surface area contributed by atoms with E-state index in [-0.39, 0.29) is 11.9 Å². The highest BCUT2D eigenvalue weighted by Gasteiger charge is 2.09. The molecule has 0 heterocycles. The fraction of sp³-hybridized carbons (Fsp3) is 0.200. The van der Waals surface area contributed by atoms with Gasteiger partial charge in [-0.2, -0.15) is 0 Å². The van der Waals surface area contributed by atoms with Crippen molar-refractivity contribution in [1.29, 1.82) is 0 Å². The third kappa shape index (κ3) is 3.33. The predicted octanol–water partition coefficient (Wildman–Crippen LogP) is 5.15. The van der Waals surface area contributed by atoms with Crippen LogP contribution in [0.2, 0.25) is 0 Å². The fourth-order valence-electron chi connectivity index (χ4n) is 1.90. The molecule has 0 bridgehead atoms. The summed E-state index contributed by atoms with van der Waals surface area (Å²) in [5, 5.41) is 3.45. The molecule has 0 fully saturated rings. The first kappa shape index (κ1) is 13.1. The van der Waals surface area contributed by atoms with Crippen LogP contribution < -0.4 is 5.32 Å². The largest absolute Gasteiger partial charge is 0.378 e. The van der Waals surface area contributed by atoms with Gasteiger partial charge in [-0.3, -0.25) is 0 Å². The van der Waals surface area contributed by atoms with Crippen molar-refractivity contribution in [2.45, 2.75) is 19.4 Å². The molecule has 94 valence electrons. The smallest absolute Gasteiger partial charge is 0.123 e. The maximum absolute atomic E-state index is 12.9. The van der Waals surface area contributed by atoms with Crippen LogP contribution in [0.25, 0.3) is 0 Å². The van der Waals surface area contributed by atoms with Crippen LogP contribution in [0.5, 0.6) is 0 Å². The maximum atomic E-state index is 12.9. The minimum absolute atomic E-state index is 0.194. The van der Waals surface area contributed by atoms with Crippen LogP contribution in [-0.4, -0.2) is 0 Å². The first-order valence-corrected chi connectivity index (χ1v) is 6.76. The third-order valence-electron chi connectivity index (χ3n) is 2.85. The van der Waals surface area contributed by atoms with Crippen molar-refractivity contribution in [2.75, 3.05) is 5.32 Å². The number of halogens is 2. The summed E-state index contributed by atoms with van der Waals surface area (Å²) in [5.74, 6) is -0.198. The van der Waals surface area contributed by atoms with Crippen molar-refractivity contribution in [2.24, 2.45) is 0 Å². The number of hydrogen-bond acceptors (Lipinski definition) is 1. The van der Waals surface area contributed by atoms with Gasteiger partial charge < -0.3 is 5.32 Å². The normalized spacial score (nSPS) is 12.2. The molecule has 0 aliphatic rings. The number of nitrogens with one attached hydrogen (secondary N) is 1. The molecule has 1 N–H and O–H groups in total. The van der Waals surface area contributed by atoms with Gasteiger partial charge in [-0.1, -0.05) is 41.1 Å². The van der Waals surface area contributed by atoms with Crippen LogP contribution in [0.15, 0.2) is 53.0 Å². The van der Waals surface area contributed by atoms with Crippen molar-refractivity contribution in [3.63, 3.8) is 0 Å². The van der Waals surface area contributed by atoms with Gasteiger partial charge in [0.1, 0.15) is 5.82 Å². The quantitative estimate of drug-likeness (QED) is 0.823. The summed E-state index contributed by atoms with van der Waals surface area (Å²) >= 11 is 3.45. The summed E-state index contributed by atoms with van der Waals surface area (Å²) in [6.07, 6.45) is 0.943. The van der Waals surface area contributed by atoms with E-state index in [2.05, 4.69) is 28.2 Å². The molecule has 2 aromatic rings. The highest BCUT2D eigenvalue weighted by atomic mass is 79.9. The molecule has 0 aromatic heterocycles. The van der Waals surface area contributed by atoms with Gasteiger partial charge in [0.25, 0.3) is 0 Å². The first-order chi connectivity index (χ1) is 8.69. The lowest BCUT2D eigenvalue weighted by Gasteiger charge is -2.19. The Bertz CT molecular complexity index is 510. The Balaban J connectivity index is 2.17. The molecule has 0 aliphatic carbocycles. The SMILES string of the molecule is CCC(Nc1cccc(Br)c1)c1ccc(F)cc1. The van der Waals surface area contributed by atoms with E-state index in [4.69, 9.17) is 0 Å². The lowest BCUT2D eigenvalue weighted by molar-refractivity contribution is 0.625. The summed E-state index contributed by atoms with van der Waals surface area (Å²) < 4.78 is 14.0. The first-order valence-electron chi connectivity index (χ1n) is 5.96. The Morgan fingerprint density at radius 2 is 1.89 bits per heavy atom. The van der Waals surface area contributed by atoms with E-state index in [0.717, 1.165) is 22.1 Å². The molecule has 0 saturated heterocycles. The molecule has 0 radical (unpaired) electrons. The molecule has 2 rings (SSSR count). The zero-order chi connectivity index (χ0) is 13.0. The lowest BCUT2D eigenvalue weighted by atomic mass is 10.0. The predicted molar refractivity (Wildman–Crippen MR) is 77.2 cm³/mol. The Hall–Kier alpha value is -1.35. The van der Waals surface area contributed by atoms with Gasteiger partial charge in [0.05, 0.1) is 6.04 Å². The fourth-order valence-corrected chi connectivity index (χ4v) is 2.29. The minimum Gasteiger partial charge on any atom is -0.378 e. The highest BCUT2D eigenvalue weighted by Crippen LogP contribution is 2.24. The Kier molecular flexibility index (Phi) is 4.37. The summed E-state index contributed by atoms with van der Waals surface area (Å²) in [4.78, 5) is 0. The summed E-state index contributed by atoms with van der Waals surface area (Å²) in [6, 6.07) is 14.9. The molecule has 2 aromatic carbocycles. The van der Waals surface area contributed by atoms with Crippen molar-refractivity contribution in [3.8, 4) is 0 Å². The van der Waals surface area contributed by atoms with E-state index < -0.39 is 0 Å². The van der Waals surface area contributed by atoms with Crippen LogP contribution >= 0.6 is 15.9 Å². The summed E-state index contributed by atoms with van der Waals surface area (Å²) in [5.41, 5.74) is 2.15. The molecule has 1 nitrogen and oxygen atoms in total. The summed E-state index contributed by atoms with van der Waals surface area (Å²) in [7, 11) is 0. The zero-order valence-corrected chi connectivity index (χ0v) is 11.7. The van der Waals surface area contributed by atoms with Gasteiger partial charge in [0, 0.05) is 10.2 Å². The molecule has 1 atom stereocenters. The lowest BCUT2D eigenvalue weighted by Crippen LogP contribution is -2.09. The topological polar surface area (TPSA) is 12.0 Å². The van der Waals surface area contributed by atoms with Gasteiger partial charge in [0.2, 0.25) is 0 Å². The average molecular weight is 308 g/mol. The molecular formula is C15H15BrFN. The van der Waals surface area contributed by atoms with Crippen LogP contribution in [0.1, 0.15) is 24.9 Å². The average Bonchev–Trinajstić information content (AvgIpc) is 2.37. The van der Waals surface area contributed by atoms with Gasteiger partial charge in [0.15, 0.2) is 0 Å². The summed E-state index contributed by atoms with van der Waals surface area (Å²) in [6.45, 7) is 2.11. The molecule has 0 saturated carbocycles. The van der Waals surface area contributed by atoms with Crippen LogP contribution in [0.3, 0.4) is 0 Å².